The Morgan fingerprint density at radius 3 is 2.53 bits per heavy atom. The maximum absolute atomic E-state index is 12.3. The first-order chi connectivity index (χ1) is 13.9. The Hall–Kier alpha value is -1.99. The van der Waals surface area contributed by atoms with Crippen LogP contribution in [0.25, 0.3) is 0 Å². The summed E-state index contributed by atoms with van der Waals surface area (Å²) in [4.78, 5) is 35.5. The van der Waals surface area contributed by atoms with Gasteiger partial charge in [-0.3, -0.25) is 14.4 Å². The number of ketones is 1. The fourth-order valence-corrected chi connectivity index (χ4v) is 6.96. The van der Waals surface area contributed by atoms with Crippen molar-refractivity contribution in [1.82, 2.24) is 0 Å². The van der Waals surface area contributed by atoms with E-state index >= 15 is 0 Å². The molecule has 2 unspecified atom stereocenters. The van der Waals surface area contributed by atoms with Gasteiger partial charge < -0.3 is 20.4 Å². The minimum absolute atomic E-state index is 0.00997. The van der Waals surface area contributed by atoms with Crippen LogP contribution in [0.15, 0.2) is 23.3 Å². The van der Waals surface area contributed by atoms with Crippen molar-refractivity contribution in [3.63, 3.8) is 0 Å². The minimum atomic E-state index is -1.37. The summed E-state index contributed by atoms with van der Waals surface area (Å²) in [6.07, 6.45) is 4.25. The first-order valence-corrected chi connectivity index (χ1v) is 10.7. The summed E-state index contributed by atoms with van der Waals surface area (Å²) >= 11 is 0. The Labute approximate surface area is 175 Å². The SMILES string of the molecule is C[C@]12CCC(=O)C=C1CC(C(=O)O)[C@@H]1C2=CC(O)[C@@]2(C)[C@H]1CC[C@]2(O)CCC(=O)O. The average molecular weight is 418 g/mol. The number of hydrogen-bond acceptors (Lipinski definition) is 5. The highest BCUT2D eigenvalue weighted by atomic mass is 16.4. The fraction of sp³-hybridized carbons (Fsp3) is 0.696. The van der Waals surface area contributed by atoms with Gasteiger partial charge in [0.05, 0.1) is 17.6 Å². The van der Waals surface area contributed by atoms with E-state index in [0.717, 1.165) is 11.1 Å². The van der Waals surface area contributed by atoms with Crippen LogP contribution in [0, 0.1) is 28.6 Å². The molecule has 0 bridgehead atoms. The number of aliphatic carboxylic acids is 2. The maximum atomic E-state index is 12.3. The topological polar surface area (TPSA) is 132 Å². The van der Waals surface area contributed by atoms with Crippen molar-refractivity contribution in [2.45, 2.75) is 70.5 Å². The van der Waals surface area contributed by atoms with E-state index in [1.54, 1.807) is 19.1 Å². The lowest BCUT2D eigenvalue weighted by atomic mass is 9.47. The molecule has 0 amide bonds. The number of aliphatic hydroxyl groups is 2. The normalized spacial score (nSPS) is 45.0. The zero-order chi connectivity index (χ0) is 22.1. The molecule has 0 aliphatic heterocycles. The molecule has 7 heteroatoms. The van der Waals surface area contributed by atoms with Gasteiger partial charge in [-0.1, -0.05) is 31.1 Å². The quantitative estimate of drug-likeness (QED) is 0.515. The summed E-state index contributed by atoms with van der Waals surface area (Å²) < 4.78 is 0. The predicted molar refractivity (Wildman–Crippen MR) is 106 cm³/mol. The summed E-state index contributed by atoms with van der Waals surface area (Å²) in [6.45, 7) is 3.81. The monoisotopic (exact) mass is 418 g/mol. The van der Waals surface area contributed by atoms with Gasteiger partial charge in [0.25, 0.3) is 0 Å². The molecule has 0 spiro atoms. The van der Waals surface area contributed by atoms with Crippen LogP contribution in [-0.4, -0.2) is 49.9 Å². The zero-order valence-electron chi connectivity index (χ0n) is 17.4. The Bertz CT molecular complexity index is 873. The molecule has 0 aromatic carbocycles. The third kappa shape index (κ3) is 2.74. The van der Waals surface area contributed by atoms with Crippen molar-refractivity contribution in [3.05, 3.63) is 23.3 Å². The van der Waals surface area contributed by atoms with Gasteiger partial charge in [-0.2, -0.15) is 0 Å². The van der Waals surface area contributed by atoms with Crippen molar-refractivity contribution in [1.29, 1.82) is 0 Å². The number of carbonyl (C=O) groups excluding carboxylic acids is 1. The number of hydrogen-bond donors (Lipinski definition) is 4. The molecule has 0 radical (unpaired) electrons. The molecule has 0 heterocycles. The van der Waals surface area contributed by atoms with Crippen LogP contribution in [0.4, 0.5) is 0 Å². The van der Waals surface area contributed by atoms with Crippen molar-refractivity contribution in [2.24, 2.45) is 28.6 Å². The van der Waals surface area contributed by atoms with Crippen molar-refractivity contribution >= 4 is 17.7 Å². The van der Waals surface area contributed by atoms with Gasteiger partial charge >= 0.3 is 11.9 Å². The number of carboxylic acids is 2. The van der Waals surface area contributed by atoms with Gasteiger partial charge in [-0.05, 0) is 50.0 Å². The van der Waals surface area contributed by atoms with E-state index in [4.69, 9.17) is 5.11 Å². The lowest BCUT2D eigenvalue weighted by molar-refractivity contribution is -0.159. The Balaban J connectivity index is 1.83. The van der Waals surface area contributed by atoms with Crippen LogP contribution in [0.3, 0.4) is 0 Å². The third-order valence-corrected chi connectivity index (χ3v) is 8.88. The summed E-state index contributed by atoms with van der Waals surface area (Å²) in [6, 6.07) is 0. The molecule has 4 rings (SSSR count). The van der Waals surface area contributed by atoms with E-state index in [2.05, 4.69) is 0 Å². The number of rotatable bonds is 4. The van der Waals surface area contributed by atoms with Crippen molar-refractivity contribution < 1.29 is 34.8 Å². The van der Waals surface area contributed by atoms with E-state index in [1.165, 1.54) is 0 Å². The molecule has 4 N–H and O–H groups in total. The first kappa shape index (κ1) is 21.2. The van der Waals surface area contributed by atoms with Gasteiger partial charge in [-0.25, -0.2) is 0 Å². The van der Waals surface area contributed by atoms with Crippen LogP contribution in [0.5, 0.6) is 0 Å². The molecule has 7 atom stereocenters. The van der Waals surface area contributed by atoms with E-state index in [9.17, 15) is 29.7 Å². The summed E-state index contributed by atoms with van der Waals surface area (Å²) in [5, 5.41) is 41.9. The van der Waals surface area contributed by atoms with Crippen LogP contribution in [-0.2, 0) is 14.4 Å². The second-order valence-electron chi connectivity index (χ2n) is 10.1. The number of fused-ring (bicyclic) bond motifs is 5. The standard InChI is InChI=1S/C23H30O7/c1-21-6-3-13(24)9-12(21)10-14(20(28)29)19-15-4-7-23(30,8-5-18(26)27)22(15,2)17(25)11-16(19)21/h9,11,14-15,17,19,25,30H,3-8,10H2,1-2H3,(H,26,27)(H,28,29)/t14?,15-,17?,19-,21-,22+,23-/m0/s1. The fourth-order valence-electron chi connectivity index (χ4n) is 6.96. The molecule has 4 aliphatic carbocycles. The number of carboxylic acid groups (broad SMARTS) is 2. The van der Waals surface area contributed by atoms with E-state index in [-0.39, 0.29) is 36.9 Å². The highest BCUT2D eigenvalue weighted by Crippen LogP contribution is 2.67. The van der Waals surface area contributed by atoms with Gasteiger partial charge in [-0.15, -0.1) is 0 Å². The summed E-state index contributed by atoms with van der Waals surface area (Å²) in [7, 11) is 0. The van der Waals surface area contributed by atoms with Crippen LogP contribution < -0.4 is 0 Å². The maximum Gasteiger partial charge on any atom is 0.307 e. The van der Waals surface area contributed by atoms with E-state index in [0.29, 0.717) is 25.7 Å². The molecule has 0 aromatic heterocycles. The van der Waals surface area contributed by atoms with Crippen molar-refractivity contribution in [2.75, 3.05) is 0 Å². The van der Waals surface area contributed by atoms with Gasteiger partial charge in [0.15, 0.2) is 5.78 Å². The molecule has 0 aromatic rings. The largest absolute Gasteiger partial charge is 0.481 e. The first-order valence-electron chi connectivity index (χ1n) is 10.7. The number of allylic oxidation sites excluding steroid dienone is 3. The van der Waals surface area contributed by atoms with Crippen LogP contribution >= 0.6 is 0 Å². The third-order valence-electron chi connectivity index (χ3n) is 8.88. The van der Waals surface area contributed by atoms with E-state index < -0.39 is 40.4 Å². The molecule has 7 nitrogen and oxygen atoms in total. The number of aliphatic hydroxyl groups excluding tert-OH is 1. The van der Waals surface area contributed by atoms with Gasteiger partial charge in [0, 0.05) is 23.7 Å². The second kappa shape index (κ2) is 6.76. The molecule has 0 saturated heterocycles. The molecule has 2 saturated carbocycles. The highest BCUT2D eigenvalue weighted by molar-refractivity contribution is 5.92. The summed E-state index contributed by atoms with van der Waals surface area (Å²) in [5.41, 5.74) is -1.16. The Morgan fingerprint density at radius 2 is 1.90 bits per heavy atom. The number of carbonyl (C=O) groups is 3. The Morgan fingerprint density at radius 1 is 1.20 bits per heavy atom. The minimum Gasteiger partial charge on any atom is -0.481 e. The van der Waals surface area contributed by atoms with Crippen molar-refractivity contribution in [3.8, 4) is 0 Å². The van der Waals surface area contributed by atoms with Gasteiger partial charge in [0.1, 0.15) is 0 Å². The highest BCUT2D eigenvalue weighted by Gasteiger charge is 2.67. The average Bonchev–Trinajstić information content (AvgIpc) is 2.94. The van der Waals surface area contributed by atoms with Crippen LogP contribution in [0.2, 0.25) is 0 Å². The lowest BCUT2D eigenvalue weighted by Crippen LogP contribution is -2.59. The molecular weight excluding hydrogens is 388 g/mol. The van der Waals surface area contributed by atoms with E-state index in [1.807, 2.05) is 6.92 Å². The molecule has 30 heavy (non-hydrogen) atoms. The van der Waals surface area contributed by atoms with Gasteiger partial charge in [0.2, 0.25) is 0 Å². The molecule has 164 valence electrons. The predicted octanol–water partition coefficient (Wildman–Crippen LogP) is 2.32. The molecule has 2 fully saturated rings. The Kier molecular flexibility index (Phi) is 4.78. The molecular formula is C23H30O7. The van der Waals surface area contributed by atoms with Crippen LogP contribution in [0.1, 0.15) is 58.8 Å². The summed E-state index contributed by atoms with van der Waals surface area (Å²) in [5.74, 6) is -3.30. The zero-order valence-corrected chi connectivity index (χ0v) is 17.4. The molecule has 4 aliphatic rings. The lowest BCUT2D eigenvalue weighted by Gasteiger charge is -2.57. The second-order valence-corrected chi connectivity index (χ2v) is 10.1. The smallest absolute Gasteiger partial charge is 0.307 e.